The smallest absolute Gasteiger partial charge is 0.108 e. The number of rotatable bonds is 3. The summed E-state index contributed by atoms with van der Waals surface area (Å²) in [5.41, 5.74) is 2.54. The maximum atomic E-state index is 4.68. The molecule has 1 atom stereocenters. The number of aromatic nitrogens is 1. The minimum absolute atomic E-state index is 0.447. The molecule has 4 rings (SSSR count). The minimum Gasteiger partial charge on any atom is -0.303 e. The van der Waals surface area contributed by atoms with Gasteiger partial charge in [0.15, 0.2) is 0 Å². The summed E-state index contributed by atoms with van der Waals surface area (Å²) >= 11 is 3.72. The topological polar surface area (TPSA) is 24.9 Å². The summed E-state index contributed by atoms with van der Waals surface area (Å²) in [5, 5.41) is 4.81. The third-order valence-corrected chi connectivity index (χ3v) is 5.76. The largest absolute Gasteiger partial charge is 0.303 e. The van der Waals surface area contributed by atoms with Crippen molar-refractivity contribution in [3.8, 4) is 0 Å². The van der Waals surface area contributed by atoms with E-state index in [-0.39, 0.29) is 0 Å². The first-order valence-electron chi connectivity index (χ1n) is 6.70. The standard InChI is InChI=1S/C16H14N2S2/c1-3-7-14-11(5-1)13(10-19-14)17-9-16-18-12-6-2-4-8-15(12)20-16/h1-8,13,17H,9-10H2. The van der Waals surface area contributed by atoms with Gasteiger partial charge in [-0.05, 0) is 23.8 Å². The maximum absolute atomic E-state index is 4.68. The highest BCUT2D eigenvalue weighted by Crippen LogP contribution is 2.37. The quantitative estimate of drug-likeness (QED) is 0.783. The van der Waals surface area contributed by atoms with Gasteiger partial charge in [-0.25, -0.2) is 4.98 Å². The van der Waals surface area contributed by atoms with E-state index in [1.165, 1.54) is 20.2 Å². The van der Waals surface area contributed by atoms with Gasteiger partial charge in [-0.15, -0.1) is 23.1 Å². The van der Waals surface area contributed by atoms with Crippen LogP contribution in [0, 0.1) is 0 Å². The van der Waals surface area contributed by atoms with Gasteiger partial charge in [-0.1, -0.05) is 30.3 Å². The van der Waals surface area contributed by atoms with E-state index in [1.54, 1.807) is 11.3 Å². The monoisotopic (exact) mass is 298 g/mol. The zero-order valence-electron chi connectivity index (χ0n) is 10.9. The number of thioether (sulfide) groups is 1. The van der Waals surface area contributed by atoms with Crippen molar-refractivity contribution >= 4 is 33.3 Å². The van der Waals surface area contributed by atoms with Gasteiger partial charge in [0.05, 0.1) is 10.2 Å². The van der Waals surface area contributed by atoms with Gasteiger partial charge in [0.25, 0.3) is 0 Å². The number of para-hydroxylation sites is 1. The molecule has 0 fully saturated rings. The molecule has 1 aromatic heterocycles. The Kier molecular flexibility index (Phi) is 3.22. The molecule has 100 valence electrons. The van der Waals surface area contributed by atoms with Crippen molar-refractivity contribution in [2.24, 2.45) is 0 Å². The highest BCUT2D eigenvalue weighted by molar-refractivity contribution is 7.99. The molecular formula is C16H14N2S2. The average molecular weight is 298 g/mol. The molecule has 0 saturated carbocycles. The molecule has 1 aliphatic heterocycles. The van der Waals surface area contributed by atoms with Crippen LogP contribution < -0.4 is 5.32 Å². The van der Waals surface area contributed by atoms with Crippen molar-refractivity contribution in [1.82, 2.24) is 10.3 Å². The van der Waals surface area contributed by atoms with Crippen LogP contribution >= 0.6 is 23.1 Å². The van der Waals surface area contributed by atoms with E-state index in [0.29, 0.717) is 6.04 Å². The van der Waals surface area contributed by atoms with Gasteiger partial charge in [0.1, 0.15) is 5.01 Å². The van der Waals surface area contributed by atoms with Gasteiger partial charge in [0.2, 0.25) is 0 Å². The van der Waals surface area contributed by atoms with Crippen molar-refractivity contribution in [3.05, 3.63) is 59.1 Å². The number of benzene rings is 2. The highest BCUT2D eigenvalue weighted by atomic mass is 32.2. The third kappa shape index (κ3) is 2.24. The van der Waals surface area contributed by atoms with Gasteiger partial charge >= 0.3 is 0 Å². The third-order valence-electron chi connectivity index (χ3n) is 3.54. The summed E-state index contributed by atoms with van der Waals surface area (Å²) < 4.78 is 1.27. The molecule has 3 aromatic rings. The van der Waals surface area contributed by atoms with Crippen LogP contribution in [0.1, 0.15) is 16.6 Å². The van der Waals surface area contributed by atoms with Crippen LogP contribution in [0.4, 0.5) is 0 Å². The Balaban J connectivity index is 1.51. The predicted molar refractivity (Wildman–Crippen MR) is 86.4 cm³/mol. The fourth-order valence-electron chi connectivity index (χ4n) is 2.54. The Hall–Kier alpha value is -1.36. The molecule has 2 heterocycles. The molecule has 0 bridgehead atoms. The fraction of sp³-hybridized carbons (Fsp3) is 0.188. The molecule has 0 amide bonds. The fourth-order valence-corrected chi connectivity index (χ4v) is 4.65. The van der Waals surface area contributed by atoms with Crippen molar-refractivity contribution < 1.29 is 0 Å². The molecule has 4 heteroatoms. The maximum Gasteiger partial charge on any atom is 0.108 e. The van der Waals surface area contributed by atoms with Crippen LogP contribution in [0.3, 0.4) is 0 Å². The Morgan fingerprint density at radius 3 is 2.90 bits per heavy atom. The molecule has 1 aliphatic rings. The summed E-state index contributed by atoms with van der Waals surface area (Å²) in [6.45, 7) is 0.846. The Morgan fingerprint density at radius 2 is 1.95 bits per heavy atom. The van der Waals surface area contributed by atoms with E-state index in [0.717, 1.165) is 17.8 Å². The Morgan fingerprint density at radius 1 is 1.10 bits per heavy atom. The molecular weight excluding hydrogens is 284 g/mol. The molecule has 2 nitrogen and oxygen atoms in total. The minimum atomic E-state index is 0.447. The zero-order valence-corrected chi connectivity index (χ0v) is 12.5. The summed E-state index contributed by atoms with van der Waals surface area (Å²) in [5.74, 6) is 1.12. The van der Waals surface area contributed by atoms with E-state index >= 15 is 0 Å². The van der Waals surface area contributed by atoms with Crippen molar-refractivity contribution in [2.45, 2.75) is 17.5 Å². The first-order chi connectivity index (χ1) is 9.90. The molecule has 0 spiro atoms. The normalized spacial score (nSPS) is 17.5. The lowest BCUT2D eigenvalue weighted by atomic mass is 10.1. The van der Waals surface area contributed by atoms with Gasteiger partial charge in [-0.2, -0.15) is 0 Å². The highest BCUT2D eigenvalue weighted by Gasteiger charge is 2.22. The Bertz CT molecular complexity index is 718. The molecule has 2 aromatic carbocycles. The van der Waals surface area contributed by atoms with Crippen molar-refractivity contribution in [2.75, 3.05) is 5.75 Å². The second-order valence-corrected chi connectivity index (χ2v) is 7.03. The number of hydrogen-bond acceptors (Lipinski definition) is 4. The van der Waals surface area contributed by atoms with Gasteiger partial charge in [-0.3, -0.25) is 0 Å². The SMILES string of the molecule is c1ccc2c(c1)SCC2NCc1nc2ccccc2s1. The molecule has 20 heavy (non-hydrogen) atoms. The van der Waals surface area contributed by atoms with Crippen LogP contribution in [0.25, 0.3) is 10.2 Å². The van der Waals surface area contributed by atoms with Crippen LogP contribution in [-0.4, -0.2) is 10.7 Å². The number of hydrogen-bond donors (Lipinski definition) is 1. The van der Waals surface area contributed by atoms with Crippen molar-refractivity contribution in [1.29, 1.82) is 0 Å². The number of nitrogens with zero attached hydrogens (tertiary/aromatic N) is 1. The van der Waals surface area contributed by atoms with Crippen LogP contribution in [0.5, 0.6) is 0 Å². The first-order valence-corrected chi connectivity index (χ1v) is 8.50. The van der Waals surface area contributed by atoms with Gasteiger partial charge in [0, 0.05) is 23.2 Å². The van der Waals surface area contributed by atoms with Crippen LogP contribution in [-0.2, 0) is 6.54 Å². The summed E-state index contributed by atoms with van der Waals surface area (Å²) in [4.78, 5) is 6.09. The molecule has 0 radical (unpaired) electrons. The molecule has 1 unspecified atom stereocenters. The van der Waals surface area contributed by atoms with E-state index in [4.69, 9.17) is 0 Å². The molecule has 0 saturated heterocycles. The lowest BCUT2D eigenvalue weighted by Gasteiger charge is -2.11. The number of fused-ring (bicyclic) bond motifs is 2. The van der Waals surface area contributed by atoms with E-state index in [9.17, 15) is 0 Å². The molecule has 0 aliphatic carbocycles. The number of thiazole rings is 1. The van der Waals surface area contributed by atoms with Crippen LogP contribution in [0.2, 0.25) is 0 Å². The first kappa shape index (κ1) is 12.4. The average Bonchev–Trinajstić information content (AvgIpc) is 3.08. The zero-order chi connectivity index (χ0) is 13.4. The van der Waals surface area contributed by atoms with Crippen LogP contribution in [0.15, 0.2) is 53.4 Å². The summed E-state index contributed by atoms with van der Waals surface area (Å²) in [6.07, 6.45) is 0. The Labute approximate surface area is 126 Å². The van der Waals surface area contributed by atoms with E-state index in [1.807, 2.05) is 17.8 Å². The lowest BCUT2D eigenvalue weighted by Crippen LogP contribution is -2.20. The van der Waals surface area contributed by atoms with Gasteiger partial charge < -0.3 is 5.32 Å². The second-order valence-electron chi connectivity index (χ2n) is 4.86. The number of nitrogens with one attached hydrogen (secondary N) is 1. The van der Waals surface area contributed by atoms with Crippen molar-refractivity contribution in [3.63, 3.8) is 0 Å². The lowest BCUT2D eigenvalue weighted by molar-refractivity contribution is 0.583. The summed E-state index contributed by atoms with van der Waals surface area (Å²) in [6, 6.07) is 17.4. The summed E-state index contributed by atoms with van der Waals surface area (Å²) in [7, 11) is 0. The predicted octanol–water partition coefficient (Wildman–Crippen LogP) is 4.23. The molecule has 1 N–H and O–H groups in total. The van der Waals surface area contributed by atoms with E-state index in [2.05, 4.69) is 52.8 Å². The second kappa shape index (κ2) is 5.20. The van der Waals surface area contributed by atoms with E-state index < -0.39 is 0 Å².